The average Bonchev–Trinajstić information content (AvgIpc) is 3.06. The SMILES string of the molecule is CC(N)C1CCN(c2ccc(Cl)cc2NC(=O)N2C=CC=NC2)C1.Cl. The molecule has 3 N–H and O–H groups in total. The van der Waals surface area contributed by atoms with Gasteiger partial charge in [0.15, 0.2) is 0 Å². The fourth-order valence-electron chi connectivity index (χ4n) is 3.02. The molecule has 136 valence electrons. The number of nitrogens with one attached hydrogen (secondary N) is 1. The van der Waals surface area contributed by atoms with Crippen molar-refractivity contribution >= 4 is 47.6 Å². The molecule has 3 rings (SSSR count). The van der Waals surface area contributed by atoms with E-state index in [1.165, 1.54) is 4.90 Å². The molecule has 2 atom stereocenters. The summed E-state index contributed by atoms with van der Waals surface area (Å²) in [4.78, 5) is 20.3. The maximum Gasteiger partial charge on any atom is 0.327 e. The molecule has 8 heteroatoms. The molecule has 0 aliphatic carbocycles. The van der Waals surface area contributed by atoms with Crippen LogP contribution in [0.4, 0.5) is 16.2 Å². The minimum Gasteiger partial charge on any atom is -0.370 e. The number of nitrogens with two attached hydrogens (primary N) is 1. The smallest absolute Gasteiger partial charge is 0.327 e. The van der Waals surface area contributed by atoms with Crippen molar-refractivity contribution in [2.24, 2.45) is 16.6 Å². The number of benzene rings is 1. The Bertz CT molecular complexity index is 677. The van der Waals surface area contributed by atoms with Crippen LogP contribution in [0.1, 0.15) is 13.3 Å². The number of hydrogen-bond acceptors (Lipinski definition) is 4. The number of halogens is 2. The summed E-state index contributed by atoms with van der Waals surface area (Å²) in [6.45, 7) is 4.16. The molecule has 1 aromatic carbocycles. The van der Waals surface area contributed by atoms with Crippen molar-refractivity contribution in [1.82, 2.24) is 4.90 Å². The van der Waals surface area contributed by atoms with Gasteiger partial charge in [-0.2, -0.15) is 0 Å². The van der Waals surface area contributed by atoms with Gasteiger partial charge in [0.2, 0.25) is 0 Å². The van der Waals surface area contributed by atoms with Crippen LogP contribution in [0.5, 0.6) is 0 Å². The van der Waals surface area contributed by atoms with E-state index in [0.717, 1.165) is 25.2 Å². The molecule has 0 spiro atoms. The first kappa shape index (κ1) is 19.6. The normalized spacial score (nSPS) is 20.4. The lowest BCUT2D eigenvalue weighted by Gasteiger charge is -2.25. The van der Waals surface area contributed by atoms with E-state index in [2.05, 4.69) is 15.2 Å². The van der Waals surface area contributed by atoms with Crippen molar-refractivity contribution in [1.29, 1.82) is 0 Å². The van der Waals surface area contributed by atoms with E-state index in [1.807, 2.05) is 19.1 Å². The molecule has 0 radical (unpaired) electrons. The molecule has 0 bridgehead atoms. The van der Waals surface area contributed by atoms with Crippen LogP contribution >= 0.6 is 24.0 Å². The van der Waals surface area contributed by atoms with Gasteiger partial charge in [-0.15, -0.1) is 12.4 Å². The van der Waals surface area contributed by atoms with E-state index in [9.17, 15) is 4.79 Å². The summed E-state index contributed by atoms with van der Waals surface area (Å²) in [7, 11) is 0. The van der Waals surface area contributed by atoms with Gasteiger partial charge in [0, 0.05) is 36.6 Å². The molecular formula is C17H23Cl2N5O. The third-order valence-corrected chi connectivity index (χ3v) is 4.70. The average molecular weight is 384 g/mol. The van der Waals surface area contributed by atoms with Crippen LogP contribution in [0.15, 0.2) is 35.5 Å². The third kappa shape index (κ3) is 4.66. The van der Waals surface area contributed by atoms with Crippen molar-refractivity contribution in [3.63, 3.8) is 0 Å². The second kappa shape index (κ2) is 8.56. The maximum atomic E-state index is 12.4. The van der Waals surface area contributed by atoms with E-state index < -0.39 is 0 Å². The minimum atomic E-state index is -0.227. The van der Waals surface area contributed by atoms with Crippen LogP contribution < -0.4 is 16.0 Å². The highest BCUT2D eigenvalue weighted by Crippen LogP contribution is 2.33. The second-order valence-electron chi connectivity index (χ2n) is 6.23. The molecule has 6 nitrogen and oxygen atoms in total. The number of rotatable bonds is 3. The highest BCUT2D eigenvalue weighted by molar-refractivity contribution is 6.31. The molecule has 2 heterocycles. The summed E-state index contributed by atoms with van der Waals surface area (Å²) in [6, 6.07) is 5.51. The van der Waals surface area contributed by atoms with Gasteiger partial charge in [0.25, 0.3) is 0 Å². The van der Waals surface area contributed by atoms with E-state index in [0.29, 0.717) is 23.3 Å². The lowest BCUT2D eigenvalue weighted by Crippen LogP contribution is -2.33. The Morgan fingerprint density at radius 2 is 2.28 bits per heavy atom. The molecule has 0 aromatic heterocycles. The van der Waals surface area contributed by atoms with Gasteiger partial charge >= 0.3 is 6.03 Å². The zero-order valence-corrected chi connectivity index (χ0v) is 15.6. The lowest BCUT2D eigenvalue weighted by molar-refractivity contribution is 0.229. The Morgan fingerprint density at radius 1 is 1.48 bits per heavy atom. The first-order valence-electron chi connectivity index (χ1n) is 8.09. The summed E-state index contributed by atoms with van der Waals surface area (Å²) in [5.41, 5.74) is 7.71. The number of nitrogens with zero attached hydrogens (tertiary/aromatic N) is 3. The number of aliphatic imine (C=N–C) groups is 1. The molecule has 2 aliphatic rings. The Balaban J connectivity index is 0.00000225. The molecule has 2 amide bonds. The number of urea groups is 1. The summed E-state index contributed by atoms with van der Waals surface area (Å²) in [5.74, 6) is 0.462. The number of anilines is 2. The summed E-state index contributed by atoms with van der Waals surface area (Å²) >= 11 is 6.13. The van der Waals surface area contributed by atoms with Gasteiger partial charge in [-0.3, -0.25) is 9.89 Å². The molecule has 2 unspecified atom stereocenters. The molecular weight excluding hydrogens is 361 g/mol. The van der Waals surface area contributed by atoms with Crippen LogP contribution in [-0.2, 0) is 0 Å². The van der Waals surface area contributed by atoms with Crippen molar-refractivity contribution in [2.45, 2.75) is 19.4 Å². The van der Waals surface area contributed by atoms with Crippen LogP contribution in [-0.4, -0.2) is 42.9 Å². The van der Waals surface area contributed by atoms with E-state index in [-0.39, 0.29) is 24.5 Å². The zero-order valence-electron chi connectivity index (χ0n) is 14.1. The number of carbonyl (C=O) groups is 1. The van der Waals surface area contributed by atoms with Gasteiger partial charge in [-0.1, -0.05) is 11.6 Å². The molecule has 1 fully saturated rings. The zero-order chi connectivity index (χ0) is 17.1. The first-order chi connectivity index (χ1) is 11.5. The highest BCUT2D eigenvalue weighted by atomic mass is 35.5. The molecule has 1 saturated heterocycles. The molecule has 0 saturated carbocycles. The van der Waals surface area contributed by atoms with Crippen molar-refractivity contribution < 1.29 is 4.79 Å². The van der Waals surface area contributed by atoms with Crippen molar-refractivity contribution in [2.75, 3.05) is 30.0 Å². The first-order valence-corrected chi connectivity index (χ1v) is 8.46. The molecule has 1 aromatic rings. The van der Waals surface area contributed by atoms with Gasteiger partial charge in [-0.25, -0.2) is 4.79 Å². The van der Waals surface area contributed by atoms with Gasteiger partial charge in [0.1, 0.15) is 6.67 Å². The lowest BCUT2D eigenvalue weighted by atomic mass is 10.0. The largest absolute Gasteiger partial charge is 0.370 e. The Hall–Kier alpha value is -1.76. The standard InChI is InChI=1S/C17H22ClN5O.ClH/c1-12(19)13-5-8-22(10-13)16-4-3-14(18)9-15(16)21-17(24)23-7-2-6-20-11-23;/h2-4,6-7,9,12-13H,5,8,10-11,19H2,1H3,(H,21,24);1H. The maximum absolute atomic E-state index is 12.4. The fraction of sp³-hybridized carbons (Fsp3) is 0.412. The number of hydrogen-bond donors (Lipinski definition) is 2. The number of amides is 2. The molecule has 25 heavy (non-hydrogen) atoms. The van der Waals surface area contributed by atoms with Crippen LogP contribution in [0.2, 0.25) is 5.02 Å². The van der Waals surface area contributed by atoms with Gasteiger partial charge < -0.3 is 16.0 Å². The highest BCUT2D eigenvalue weighted by Gasteiger charge is 2.27. The summed E-state index contributed by atoms with van der Waals surface area (Å²) in [5, 5.41) is 3.53. The summed E-state index contributed by atoms with van der Waals surface area (Å²) < 4.78 is 0. The van der Waals surface area contributed by atoms with Crippen LogP contribution in [0.3, 0.4) is 0 Å². The van der Waals surface area contributed by atoms with Crippen molar-refractivity contribution in [3.05, 3.63) is 35.5 Å². The number of carbonyl (C=O) groups excluding carboxylic acids is 1. The van der Waals surface area contributed by atoms with E-state index in [1.54, 1.807) is 24.6 Å². The fourth-order valence-corrected chi connectivity index (χ4v) is 3.20. The van der Waals surface area contributed by atoms with Gasteiger partial charge in [-0.05, 0) is 43.5 Å². The Morgan fingerprint density at radius 3 is 2.92 bits per heavy atom. The quantitative estimate of drug-likeness (QED) is 0.840. The van der Waals surface area contributed by atoms with Crippen molar-refractivity contribution in [3.8, 4) is 0 Å². The third-order valence-electron chi connectivity index (χ3n) is 4.46. The second-order valence-corrected chi connectivity index (χ2v) is 6.67. The Kier molecular flexibility index (Phi) is 6.70. The topological polar surface area (TPSA) is 74.0 Å². The number of allylic oxidation sites excluding steroid dienone is 1. The van der Waals surface area contributed by atoms with E-state index >= 15 is 0 Å². The Labute approximate surface area is 159 Å². The van der Waals surface area contributed by atoms with E-state index in [4.69, 9.17) is 17.3 Å². The minimum absolute atomic E-state index is 0. The van der Waals surface area contributed by atoms with Gasteiger partial charge in [0.05, 0.1) is 11.4 Å². The molecule has 2 aliphatic heterocycles. The monoisotopic (exact) mass is 383 g/mol. The van der Waals surface area contributed by atoms with Crippen LogP contribution in [0, 0.1) is 5.92 Å². The predicted octanol–water partition coefficient (Wildman–Crippen LogP) is 3.32. The predicted molar refractivity (Wildman–Crippen MR) is 106 cm³/mol. The van der Waals surface area contributed by atoms with Crippen LogP contribution in [0.25, 0.3) is 0 Å². The summed E-state index contributed by atoms with van der Waals surface area (Å²) in [6.07, 6.45) is 6.16.